The maximum absolute atomic E-state index is 11.7. The third-order valence-corrected chi connectivity index (χ3v) is 3.20. The van der Waals surface area contributed by atoms with Crippen molar-refractivity contribution in [2.45, 2.75) is 45.1 Å². The summed E-state index contributed by atoms with van der Waals surface area (Å²) in [6, 6.07) is 8.75. The monoisotopic (exact) mass is 246 g/mol. The Morgan fingerprint density at radius 1 is 1.39 bits per heavy atom. The molecule has 98 valence electrons. The Balaban J connectivity index is 1.79. The first-order valence-electron chi connectivity index (χ1n) is 6.78. The van der Waals surface area contributed by atoms with Crippen LogP contribution in [0.2, 0.25) is 0 Å². The highest BCUT2D eigenvalue weighted by molar-refractivity contribution is 5.90. The molecule has 3 nitrogen and oxygen atoms in total. The zero-order chi connectivity index (χ0) is 13.0. The molecule has 1 aromatic carbocycles. The Kier molecular flexibility index (Phi) is 4.37. The van der Waals surface area contributed by atoms with Gasteiger partial charge in [0.15, 0.2) is 0 Å². The number of benzene rings is 1. The number of hydrogen-bond acceptors (Lipinski definition) is 2. The van der Waals surface area contributed by atoms with Crippen LogP contribution in [0.25, 0.3) is 0 Å². The summed E-state index contributed by atoms with van der Waals surface area (Å²) >= 11 is 0. The average molecular weight is 246 g/mol. The third-order valence-electron chi connectivity index (χ3n) is 3.20. The topological polar surface area (TPSA) is 41.1 Å². The maximum atomic E-state index is 11.7. The summed E-state index contributed by atoms with van der Waals surface area (Å²) in [5.74, 6) is 0.572. The van der Waals surface area contributed by atoms with E-state index in [1.807, 2.05) is 12.1 Å². The van der Waals surface area contributed by atoms with Crippen LogP contribution < -0.4 is 10.6 Å². The van der Waals surface area contributed by atoms with Crippen molar-refractivity contribution in [3.63, 3.8) is 0 Å². The molecule has 0 aliphatic heterocycles. The van der Waals surface area contributed by atoms with Crippen molar-refractivity contribution in [1.29, 1.82) is 0 Å². The van der Waals surface area contributed by atoms with Crippen LogP contribution in [0.5, 0.6) is 0 Å². The largest absolute Gasteiger partial charge is 0.326 e. The predicted octanol–water partition coefficient (Wildman–Crippen LogP) is 2.89. The van der Waals surface area contributed by atoms with E-state index in [0.29, 0.717) is 18.4 Å². The fourth-order valence-corrected chi connectivity index (χ4v) is 1.88. The second-order valence-corrected chi connectivity index (χ2v) is 5.31. The SMILES string of the molecule is CC(C)c1cccc(NC(=O)CCNC2CC2)c1. The van der Waals surface area contributed by atoms with Gasteiger partial charge in [-0.3, -0.25) is 4.79 Å². The van der Waals surface area contributed by atoms with Gasteiger partial charge in [0, 0.05) is 24.7 Å². The highest BCUT2D eigenvalue weighted by Gasteiger charge is 2.20. The van der Waals surface area contributed by atoms with E-state index in [2.05, 4.69) is 36.6 Å². The molecule has 18 heavy (non-hydrogen) atoms. The third kappa shape index (κ3) is 4.15. The van der Waals surface area contributed by atoms with Crippen LogP contribution in [-0.4, -0.2) is 18.5 Å². The molecule has 2 rings (SSSR count). The fourth-order valence-electron chi connectivity index (χ4n) is 1.88. The number of anilines is 1. The van der Waals surface area contributed by atoms with Crippen molar-refractivity contribution >= 4 is 11.6 Å². The first kappa shape index (κ1) is 13.1. The Morgan fingerprint density at radius 2 is 2.17 bits per heavy atom. The molecule has 1 saturated carbocycles. The van der Waals surface area contributed by atoms with Crippen molar-refractivity contribution in [2.24, 2.45) is 0 Å². The summed E-state index contributed by atoms with van der Waals surface area (Å²) in [7, 11) is 0. The molecule has 0 spiro atoms. The van der Waals surface area contributed by atoms with Crippen LogP contribution in [0.3, 0.4) is 0 Å². The molecule has 0 atom stereocenters. The van der Waals surface area contributed by atoms with Crippen LogP contribution >= 0.6 is 0 Å². The molecule has 2 N–H and O–H groups in total. The fraction of sp³-hybridized carbons (Fsp3) is 0.533. The predicted molar refractivity (Wildman–Crippen MR) is 74.8 cm³/mol. The highest BCUT2D eigenvalue weighted by atomic mass is 16.1. The summed E-state index contributed by atoms with van der Waals surface area (Å²) in [6.07, 6.45) is 3.07. The van der Waals surface area contributed by atoms with E-state index < -0.39 is 0 Å². The highest BCUT2D eigenvalue weighted by Crippen LogP contribution is 2.19. The van der Waals surface area contributed by atoms with Gasteiger partial charge in [0.2, 0.25) is 5.91 Å². The molecule has 1 aliphatic carbocycles. The van der Waals surface area contributed by atoms with Crippen molar-refractivity contribution in [3.05, 3.63) is 29.8 Å². The van der Waals surface area contributed by atoms with E-state index in [1.54, 1.807) is 0 Å². The summed E-state index contributed by atoms with van der Waals surface area (Å²) in [5, 5.41) is 6.29. The van der Waals surface area contributed by atoms with Gasteiger partial charge in [0.1, 0.15) is 0 Å². The number of carbonyl (C=O) groups is 1. The molecule has 0 radical (unpaired) electrons. The molecule has 1 amide bonds. The van der Waals surface area contributed by atoms with E-state index in [-0.39, 0.29) is 5.91 Å². The van der Waals surface area contributed by atoms with E-state index in [1.165, 1.54) is 18.4 Å². The van der Waals surface area contributed by atoms with Crippen LogP contribution in [0, 0.1) is 0 Å². The van der Waals surface area contributed by atoms with E-state index in [0.717, 1.165) is 12.2 Å². The lowest BCUT2D eigenvalue weighted by Gasteiger charge is -2.09. The minimum absolute atomic E-state index is 0.0871. The smallest absolute Gasteiger partial charge is 0.225 e. The Hall–Kier alpha value is -1.35. The molecule has 1 aliphatic rings. The lowest BCUT2D eigenvalue weighted by atomic mass is 10.0. The van der Waals surface area contributed by atoms with E-state index in [9.17, 15) is 4.79 Å². The minimum atomic E-state index is 0.0871. The molecule has 0 bridgehead atoms. The zero-order valence-corrected chi connectivity index (χ0v) is 11.2. The Labute approximate surface area is 109 Å². The van der Waals surface area contributed by atoms with Gasteiger partial charge >= 0.3 is 0 Å². The van der Waals surface area contributed by atoms with Gasteiger partial charge in [-0.05, 0) is 36.5 Å². The van der Waals surface area contributed by atoms with Gasteiger partial charge in [-0.25, -0.2) is 0 Å². The number of rotatable bonds is 6. The van der Waals surface area contributed by atoms with E-state index in [4.69, 9.17) is 0 Å². The van der Waals surface area contributed by atoms with Crippen LogP contribution in [0.1, 0.15) is 44.6 Å². The standard InChI is InChI=1S/C15H22N2O/c1-11(2)12-4-3-5-14(10-12)17-15(18)8-9-16-13-6-7-13/h3-5,10-11,13,16H,6-9H2,1-2H3,(H,17,18). The Morgan fingerprint density at radius 3 is 2.83 bits per heavy atom. The molecule has 0 unspecified atom stereocenters. The van der Waals surface area contributed by atoms with Crippen molar-refractivity contribution < 1.29 is 4.79 Å². The molecule has 3 heteroatoms. The number of amides is 1. The molecular weight excluding hydrogens is 224 g/mol. The average Bonchev–Trinajstić information content (AvgIpc) is 3.13. The first-order chi connectivity index (χ1) is 8.65. The normalized spacial score (nSPS) is 14.8. The second kappa shape index (κ2) is 6.01. The number of hydrogen-bond donors (Lipinski definition) is 2. The van der Waals surface area contributed by atoms with Gasteiger partial charge in [0.25, 0.3) is 0 Å². The van der Waals surface area contributed by atoms with Gasteiger partial charge in [-0.15, -0.1) is 0 Å². The van der Waals surface area contributed by atoms with Gasteiger partial charge in [-0.2, -0.15) is 0 Å². The van der Waals surface area contributed by atoms with Crippen molar-refractivity contribution in [2.75, 3.05) is 11.9 Å². The lowest BCUT2D eigenvalue weighted by molar-refractivity contribution is -0.116. The summed E-state index contributed by atoms with van der Waals surface area (Å²) in [6.45, 7) is 5.08. The van der Waals surface area contributed by atoms with Crippen LogP contribution in [0.4, 0.5) is 5.69 Å². The molecule has 0 aromatic heterocycles. The molecular formula is C15H22N2O. The van der Waals surface area contributed by atoms with Crippen LogP contribution in [-0.2, 0) is 4.79 Å². The van der Waals surface area contributed by atoms with Crippen molar-refractivity contribution in [1.82, 2.24) is 5.32 Å². The second-order valence-electron chi connectivity index (χ2n) is 5.31. The number of carbonyl (C=O) groups excluding carboxylic acids is 1. The first-order valence-corrected chi connectivity index (χ1v) is 6.78. The van der Waals surface area contributed by atoms with E-state index >= 15 is 0 Å². The molecule has 1 fully saturated rings. The van der Waals surface area contributed by atoms with Gasteiger partial charge in [0.05, 0.1) is 0 Å². The quantitative estimate of drug-likeness (QED) is 0.810. The van der Waals surface area contributed by atoms with Gasteiger partial charge in [-0.1, -0.05) is 26.0 Å². The zero-order valence-electron chi connectivity index (χ0n) is 11.2. The molecule has 0 saturated heterocycles. The molecule has 1 aromatic rings. The number of nitrogens with one attached hydrogen (secondary N) is 2. The molecule has 0 heterocycles. The summed E-state index contributed by atoms with van der Waals surface area (Å²) in [5.41, 5.74) is 2.15. The Bertz CT molecular complexity index is 411. The summed E-state index contributed by atoms with van der Waals surface area (Å²) in [4.78, 5) is 11.7. The van der Waals surface area contributed by atoms with Crippen molar-refractivity contribution in [3.8, 4) is 0 Å². The lowest BCUT2D eigenvalue weighted by Crippen LogP contribution is -2.23. The summed E-state index contributed by atoms with van der Waals surface area (Å²) < 4.78 is 0. The minimum Gasteiger partial charge on any atom is -0.326 e. The van der Waals surface area contributed by atoms with Crippen LogP contribution in [0.15, 0.2) is 24.3 Å². The van der Waals surface area contributed by atoms with Gasteiger partial charge < -0.3 is 10.6 Å². The maximum Gasteiger partial charge on any atom is 0.225 e.